The van der Waals surface area contributed by atoms with Gasteiger partial charge < -0.3 is 0 Å². The number of hydrazone groups is 1. The van der Waals surface area contributed by atoms with Crippen LogP contribution in [-0.2, 0) is 6.42 Å². The second kappa shape index (κ2) is 6.07. The average Bonchev–Trinajstić information content (AvgIpc) is 2.48. The summed E-state index contributed by atoms with van der Waals surface area (Å²) in [5.41, 5.74) is 5.82. The van der Waals surface area contributed by atoms with Crippen molar-refractivity contribution in [1.29, 1.82) is 0 Å². The van der Waals surface area contributed by atoms with Crippen LogP contribution in [0.4, 0.5) is 0 Å². The number of hydrogen-bond donors (Lipinski definition) is 1. The Morgan fingerprint density at radius 1 is 1.16 bits per heavy atom. The van der Waals surface area contributed by atoms with Gasteiger partial charge in [0.25, 0.3) is 0 Å². The number of allylic oxidation sites excluding steroid dienone is 1. The molecule has 1 fully saturated rings. The van der Waals surface area contributed by atoms with Gasteiger partial charge in [-0.05, 0) is 61.1 Å². The maximum Gasteiger partial charge on any atom is 0.0750 e. The smallest absolute Gasteiger partial charge is 0.0750 e. The molecule has 0 heterocycles. The molecule has 0 aliphatic heterocycles. The third-order valence-corrected chi connectivity index (χ3v) is 4.52. The lowest BCUT2D eigenvalue weighted by Gasteiger charge is -2.24. The summed E-state index contributed by atoms with van der Waals surface area (Å²) in [6.45, 7) is 0. The van der Waals surface area contributed by atoms with Crippen molar-refractivity contribution in [2.75, 3.05) is 0 Å². The van der Waals surface area contributed by atoms with E-state index >= 15 is 0 Å². The van der Waals surface area contributed by atoms with Crippen molar-refractivity contribution in [3.63, 3.8) is 0 Å². The molecule has 0 saturated heterocycles. The van der Waals surface area contributed by atoms with Crippen molar-refractivity contribution in [1.82, 2.24) is 3.64 Å². The third kappa shape index (κ3) is 3.02. The van der Waals surface area contributed by atoms with Gasteiger partial charge in [-0.3, -0.25) is 0 Å². The molecule has 1 aromatic rings. The van der Waals surface area contributed by atoms with E-state index in [9.17, 15) is 0 Å². The maximum atomic E-state index is 4.33. The number of rotatable bonds is 2. The number of nitrogens with one attached hydrogen (secondary N) is 1. The number of halogens is 1. The predicted molar refractivity (Wildman–Crippen MR) is 89.6 cm³/mol. The summed E-state index contributed by atoms with van der Waals surface area (Å²) in [7, 11) is 0. The van der Waals surface area contributed by atoms with Gasteiger partial charge in [-0.2, -0.15) is 5.10 Å². The molecule has 0 amide bonds. The number of hydrogen-bond acceptors (Lipinski definition) is 2. The van der Waals surface area contributed by atoms with E-state index in [1.54, 1.807) is 0 Å². The van der Waals surface area contributed by atoms with Crippen molar-refractivity contribution in [2.45, 2.75) is 44.4 Å². The predicted octanol–water partition coefficient (Wildman–Crippen LogP) is 4.60. The first kappa shape index (κ1) is 13.2. The summed E-state index contributed by atoms with van der Waals surface area (Å²) in [6, 6.07) is 7.08. The highest BCUT2D eigenvalue weighted by atomic mass is 127. The number of nitrogens with zero attached hydrogens (tertiary/aromatic N) is 1. The second-order valence-electron chi connectivity index (χ2n) is 5.44. The van der Waals surface area contributed by atoms with Gasteiger partial charge in [0.05, 0.1) is 22.9 Å². The minimum Gasteiger partial charge on any atom is -0.250 e. The second-order valence-corrected chi connectivity index (χ2v) is 5.92. The molecule has 0 spiro atoms. The molecule has 0 bridgehead atoms. The van der Waals surface area contributed by atoms with Crippen LogP contribution in [0.1, 0.15) is 54.7 Å². The number of aryl methyl sites for hydroxylation is 1. The highest BCUT2D eigenvalue weighted by Crippen LogP contribution is 2.33. The first-order chi connectivity index (χ1) is 9.36. The largest absolute Gasteiger partial charge is 0.250 e. The molecule has 1 aromatic carbocycles. The van der Waals surface area contributed by atoms with Crippen LogP contribution in [0.15, 0.2) is 29.4 Å². The standard InChI is InChI=1S/C16H19IN2/c17-19-18-16-9-7-13(8-10-16)15-6-5-12-3-1-2-4-14(12)11-15/h1,3,5-6,11,13,19H,2,4,7-10H2. The quantitative estimate of drug-likeness (QED) is 0.462. The minimum atomic E-state index is 0.726. The molecule has 2 aliphatic carbocycles. The Kier molecular flexibility index (Phi) is 4.21. The van der Waals surface area contributed by atoms with E-state index in [0.29, 0.717) is 0 Å². The summed E-state index contributed by atoms with van der Waals surface area (Å²) < 4.78 is 2.88. The van der Waals surface area contributed by atoms with Crippen LogP contribution in [0, 0.1) is 0 Å². The molecule has 1 saturated carbocycles. The van der Waals surface area contributed by atoms with Gasteiger partial charge >= 0.3 is 0 Å². The average molecular weight is 366 g/mol. The Balaban J connectivity index is 1.74. The maximum absolute atomic E-state index is 4.33. The normalized spacial score (nSPS) is 21.9. The Hall–Kier alpha value is -0.840. The first-order valence-corrected chi connectivity index (χ1v) is 8.15. The van der Waals surface area contributed by atoms with E-state index in [0.717, 1.165) is 18.8 Å². The molecule has 2 nitrogen and oxygen atoms in total. The van der Waals surface area contributed by atoms with Crippen LogP contribution in [-0.4, -0.2) is 5.71 Å². The van der Waals surface area contributed by atoms with Crippen LogP contribution in [0.3, 0.4) is 0 Å². The van der Waals surface area contributed by atoms with E-state index < -0.39 is 0 Å². The van der Waals surface area contributed by atoms with Crippen molar-refractivity contribution >= 4 is 34.7 Å². The lowest BCUT2D eigenvalue weighted by atomic mass is 9.81. The van der Waals surface area contributed by atoms with Crippen molar-refractivity contribution < 1.29 is 0 Å². The third-order valence-electron chi connectivity index (χ3n) is 4.28. The molecule has 1 N–H and O–H groups in total. The molecule has 100 valence electrons. The highest BCUT2D eigenvalue weighted by Gasteiger charge is 2.20. The Bertz CT molecular complexity index is 509. The van der Waals surface area contributed by atoms with Gasteiger partial charge in [-0.15, -0.1) is 0 Å². The van der Waals surface area contributed by atoms with E-state index in [-0.39, 0.29) is 0 Å². The Morgan fingerprint density at radius 3 is 2.79 bits per heavy atom. The topological polar surface area (TPSA) is 24.4 Å². The molecule has 2 aliphatic rings. The molecule has 0 atom stereocenters. The van der Waals surface area contributed by atoms with E-state index in [1.165, 1.54) is 48.1 Å². The summed E-state index contributed by atoms with van der Waals surface area (Å²) in [4.78, 5) is 0. The first-order valence-electron chi connectivity index (χ1n) is 7.07. The molecular formula is C16H19IN2. The van der Waals surface area contributed by atoms with Crippen LogP contribution in [0.2, 0.25) is 0 Å². The summed E-state index contributed by atoms with van der Waals surface area (Å²) in [5.74, 6) is 0.726. The molecule has 0 unspecified atom stereocenters. The van der Waals surface area contributed by atoms with Gasteiger partial charge in [0.2, 0.25) is 0 Å². The zero-order valence-electron chi connectivity index (χ0n) is 11.0. The van der Waals surface area contributed by atoms with Gasteiger partial charge in [-0.1, -0.05) is 30.4 Å². The van der Waals surface area contributed by atoms with Gasteiger partial charge in [0.1, 0.15) is 0 Å². The van der Waals surface area contributed by atoms with Gasteiger partial charge in [0.15, 0.2) is 0 Å². The molecule has 0 aromatic heterocycles. The fourth-order valence-corrected chi connectivity index (χ4v) is 3.50. The van der Waals surface area contributed by atoms with Gasteiger partial charge in [-0.25, -0.2) is 3.64 Å². The molecule has 0 radical (unpaired) electrons. The minimum absolute atomic E-state index is 0.726. The monoisotopic (exact) mass is 366 g/mol. The lowest BCUT2D eigenvalue weighted by Crippen LogP contribution is -2.14. The SMILES string of the molecule is INN=C1CCC(c2ccc3c(c2)CCC=C3)CC1. The van der Waals surface area contributed by atoms with Gasteiger partial charge in [0, 0.05) is 5.71 Å². The summed E-state index contributed by atoms with van der Waals surface area (Å²) in [5, 5.41) is 4.33. The molecule has 3 heteroatoms. The van der Waals surface area contributed by atoms with E-state index in [4.69, 9.17) is 0 Å². The summed E-state index contributed by atoms with van der Waals surface area (Å²) in [6.07, 6.45) is 11.7. The van der Waals surface area contributed by atoms with Crippen LogP contribution < -0.4 is 3.64 Å². The molecule has 19 heavy (non-hydrogen) atoms. The fourth-order valence-electron chi connectivity index (χ4n) is 3.16. The van der Waals surface area contributed by atoms with Crippen molar-refractivity contribution in [2.24, 2.45) is 5.10 Å². The zero-order chi connectivity index (χ0) is 13.1. The van der Waals surface area contributed by atoms with Crippen molar-refractivity contribution in [3.05, 3.63) is 41.0 Å². The highest BCUT2D eigenvalue weighted by molar-refractivity contribution is 14.1. The summed E-state index contributed by atoms with van der Waals surface area (Å²) >= 11 is 2.09. The van der Waals surface area contributed by atoms with E-state index in [1.807, 2.05) is 0 Å². The Labute approximate surface area is 128 Å². The fraction of sp³-hybridized carbons (Fsp3) is 0.438. The molecule has 3 rings (SSSR count). The number of benzene rings is 1. The van der Waals surface area contributed by atoms with Crippen LogP contribution >= 0.6 is 22.9 Å². The van der Waals surface area contributed by atoms with Crippen molar-refractivity contribution in [3.8, 4) is 0 Å². The Morgan fingerprint density at radius 2 is 2.00 bits per heavy atom. The van der Waals surface area contributed by atoms with E-state index in [2.05, 4.69) is 62.0 Å². The number of fused-ring (bicyclic) bond motifs is 1. The van der Waals surface area contributed by atoms with Crippen LogP contribution in [0.5, 0.6) is 0 Å². The molecular weight excluding hydrogens is 347 g/mol. The van der Waals surface area contributed by atoms with Crippen LogP contribution in [0.25, 0.3) is 6.08 Å². The lowest BCUT2D eigenvalue weighted by molar-refractivity contribution is 0.564. The zero-order valence-corrected chi connectivity index (χ0v) is 13.2.